The van der Waals surface area contributed by atoms with Crippen LogP contribution in [0.5, 0.6) is 0 Å². The number of carbonyl (C=O) groups excluding carboxylic acids is 1. The average molecular weight is 211 g/mol. The Hall–Kier alpha value is -0.610. The predicted octanol–water partition coefficient (Wildman–Crippen LogP) is -0.194. The van der Waals surface area contributed by atoms with Crippen LogP contribution in [-0.4, -0.2) is 49.6 Å². The number of rotatable bonds is 1. The van der Waals surface area contributed by atoms with Crippen LogP contribution < -0.4 is 10.6 Å². The zero-order valence-electron chi connectivity index (χ0n) is 9.46. The second-order valence-electron chi connectivity index (χ2n) is 4.63. The summed E-state index contributed by atoms with van der Waals surface area (Å²) in [5.41, 5.74) is 0. The second kappa shape index (κ2) is 4.94. The Labute approximate surface area is 91.4 Å². The minimum absolute atomic E-state index is 0.222. The van der Waals surface area contributed by atoms with Crippen LogP contribution in [0.1, 0.15) is 19.8 Å². The third-order valence-electron chi connectivity index (χ3n) is 3.43. The number of amides is 1. The van der Waals surface area contributed by atoms with Crippen LogP contribution in [0.15, 0.2) is 0 Å². The molecular weight excluding hydrogens is 190 g/mol. The van der Waals surface area contributed by atoms with E-state index in [2.05, 4.69) is 17.6 Å². The molecule has 0 aromatic rings. The Morgan fingerprint density at radius 2 is 2.07 bits per heavy atom. The van der Waals surface area contributed by atoms with Gasteiger partial charge < -0.3 is 15.5 Å². The number of nitrogens with zero attached hydrogens (tertiary/aromatic N) is 1. The van der Waals surface area contributed by atoms with Gasteiger partial charge in [0.05, 0.1) is 5.92 Å². The largest absolute Gasteiger partial charge is 0.337 e. The first-order chi connectivity index (χ1) is 7.29. The molecular formula is C11H21N3O. The molecule has 2 rings (SSSR count). The first-order valence-corrected chi connectivity index (χ1v) is 6.01. The lowest BCUT2D eigenvalue weighted by atomic mass is 9.97. The Morgan fingerprint density at radius 3 is 2.73 bits per heavy atom. The number of hydrogen-bond donors (Lipinski definition) is 2. The Balaban J connectivity index is 1.92. The normalized spacial score (nSPS) is 32.7. The van der Waals surface area contributed by atoms with Crippen LogP contribution in [0.3, 0.4) is 0 Å². The van der Waals surface area contributed by atoms with Gasteiger partial charge in [0.1, 0.15) is 0 Å². The molecule has 2 aliphatic heterocycles. The molecule has 0 bridgehead atoms. The lowest BCUT2D eigenvalue weighted by Crippen LogP contribution is -2.55. The first kappa shape index (κ1) is 10.9. The fourth-order valence-electron chi connectivity index (χ4n) is 2.47. The monoisotopic (exact) mass is 211 g/mol. The fraction of sp³-hybridized carbons (Fsp3) is 0.909. The van der Waals surface area contributed by atoms with E-state index >= 15 is 0 Å². The van der Waals surface area contributed by atoms with E-state index in [9.17, 15) is 4.79 Å². The molecule has 2 atom stereocenters. The van der Waals surface area contributed by atoms with Crippen molar-refractivity contribution in [2.24, 2.45) is 5.92 Å². The molecule has 4 heteroatoms. The molecule has 0 unspecified atom stereocenters. The van der Waals surface area contributed by atoms with E-state index in [4.69, 9.17) is 0 Å². The average Bonchev–Trinajstić information content (AvgIpc) is 2.30. The Morgan fingerprint density at radius 1 is 1.27 bits per heavy atom. The van der Waals surface area contributed by atoms with E-state index in [1.54, 1.807) is 0 Å². The summed E-state index contributed by atoms with van der Waals surface area (Å²) in [5, 5.41) is 6.62. The zero-order chi connectivity index (χ0) is 10.7. The number of carbonyl (C=O) groups is 1. The fourth-order valence-corrected chi connectivity index (χ4v) is 2.47. The van der Waals surface area contributed by atoms with Crippen molar-refractivity contribution >= 4 is 5.91 Å². The minimum atomic E-state index is 0.222. The van der Waals surface area contributed by atoms with Gasteiger partial charge >= 0.3 is 0 Å². The van der Waals surface area contributed by atoms with Crippen molar-refractivity contribution < 1.29 is 4.79 Å². The summed E-state index contributed by atoms with van der Waals surface area (Å²) in [6.45, 7) is 6.81. The second-order valence-corrected chi connectivity index (χ2v) is 4.63. The Bertz CT molecular complexity index is 226. The van der Waals surface area contributed by atoms with Crippen LogP contribution in [0.2, 0.25) is 0 Å². The van der Waals surface area contributed by atoms with Crippen molar-refractivity contribution in [3.8, 4) is 0 Å². The molecule has 0 radical (unpaired) electrons. The lowest BCUT2D eigenvalue weighted by molar-refractivity contribution is -0.138. The Kier molecular flexibility index (Phi) is 3.59. The van der Waals surface area contributed by atoms with Crippen molar-refractivity contribution in [3.63, 3.8) is 0 Å². The van der Waals surface area contributed by atoms with E-state index in [0.717, 1.165) is 45.6 Å². The standard InChI is InChI=1S/C11H21N3O/c1-9-7-13-5-6-14(9)11(15)10-3-2-4-12-8-10/h9-10,12-13H,2-8H2,1H3/t9-,10-/m1/s1. The van der Waals surface area contributed by atoms with Crippen LogP contribution in [0, 0.1) is 5.92 Å². The molecule has 2 N–H and O–H groups in total. The van der Waals surface area contributed by atoms with E-state index in [1.807, 2.05) is 4.90 Å². The molecule has 2 fully saturated rings. The van der Waals surface area contributed by atoms with Gasteiger partial charge in [-0.25, -0.2) is 0 Å². The van der Waals surface area contributed by atoms with E-state index in [-0.39, 0.29) is 5.92 Å². The summed E-state index contributed by atoms with van der Waals surface area (Å²) in [4.78, 5) is 14.3. The van der Waals surface area contributed by atoms with E-state index in [0.29, 0.717) is 11.9 Å². The number of nitrogens with one attached hydrogen (secondary N) is 2. The molecule has 15 heavy (non-hydrogen) atoms. The summed E-state index contributed by atoms with van der Waals surface area (Å²) in [6, 6.07) is 0.355. The molecule has 1 amide bonds. The highest BCUT2D eigenvalue weighted by Gasteiger charge is 2.29. The van der Waals surface area contributed by atoms with Crippen LogP contribution in [-0.2, 0) is 4.79 Å². The number of piperazine rings is 1. The number of hydrogen-bond acceptors (Lipinski definition) is 3. The summed E-state index contributed by atoms with van der Waals surface area (Å²) < 4.78 is 0. The minimum Gasteiger partial charge on any atom is -0.337 e. The van der Waals surface area contributed by atoms with Crippen LogP contribution >= 0.6 is 0 Å². The van der Waals surface area contributed by atoms with Crippen molar-refractivity contribution in [1.29, 1.82) is 0 Å². The third-order valence-corrected chi connectivity index (χ3v) is 3.43. The van der Waals surface area contributed by atoms with E-state index < -0.39 is 0 Å². The van der Waals surface area contributed by atoms with Crippen molar-refractivity contribution in [3.05, 3.63) is 0 Å². The topological polar surface area (TPSA) is 44.4 Å². The molecule has 86 valence electrons. The van der Waals surface area contributed by atoms with Crippen LogP contribution in [0.4, 0.5) is 0 Å². The molecule has 0 aromatic carbocycles. The van der Waals surface area contributed by atoms with Gasteiger partial charge in [0.15, 0.2) is 0 Å². The summed E-state index contributed by atoms with van der Waals surface area (Å²) in [7, 11) is 0. The molecule has 2 aliphatic rings. The highest BCUT2D eigenvalue weighted by Crippen LogP contribution is 2.15. The SMILES string of the molecule is C[C@@H]1CNCCN1C(=O)[C@@H]1CCCNC1. The van der Waals surface area contributed by atoms with Gasteiger partial charge in [0.2, 0.25) is 5.91 Å². The smallest absolute Gasteiger partial charge is 0.227 e. The van der Waals surface area contributed by atoms with Gasteiger partial charge in [0.25, 0.3) is 0 Å². The molecule has 4 nitrogen and oxygen atoms in total. The maximum absolute atomic E-state index is 12.2. The van der Waals surface area contributed by atoms with Crippen molar-refractivity contribution in [1.82, 2.24) is 15.5 Å². The van der Waals surface area contributed by atoms with Crippen LogP contribution in [0.25, 0.3) is 0 Å². The van der Waals surface area contributed by atoms with Gasteiger partial charge in [-0.2, -0.15) is 0 Å². The van der Waals surface area contributed by atoms with Gasteiger partial charge in [-0.3, -0.25) is 4.79 Å². The lowest BCUT2D eigenvalue weighted by Gasteiger charge is -2.37. The molecule has 0 spiro atoms. The van der Waals surface area contributed by atoms with E-state index in [1.165, 1.54) is 0 Å². The molecule has 2 saturated heterocycles. The van der Waals surface area contributed by atoms with Crippen molar-refractivity contribution in [2.75, 3.05) is 32.7 Å². The first-order valence-electron chi connectivity index (χ1n) is 6.01. The summed E-state index contributed by atoms with van der Waals surface area (Å²) in [5.74, 6) is 0.579. The van der Waals surface area contributed by atoms with Gasteiger partial charge in [-0.05, 0) is 26.3 Å². The maximum Gasteiger partial charge on any atom is 0.227 e. The predicted molar refractivity (Wildman–Crippen MR) is 59.6 cm³/mol. The molecule has 0 saturated carbocycles. The quantitative estimate of drug-likeness (QED) is 0.632. The summed E-state index contributed by atoms with van der Waals surface area (Å²) in [6.07, 6.45) is 2.19. The highest BCUT2D eigenvalue weighted by atomic mass is 16.2. The molecule has 0 aromatic heterocycles. The van der Waals surface area contributed by atoms with Crippen molar-refractivity contribution in [2.45, 2.75) is 25.8 Å². The molecule has 2 heterocycles. The third kappa shape index (κ3) is 2.49. The molecule has 0 aliphatic carbocycles. The highest BCUT2D eigenvalue weighted by molar-refractivity contribution is 5.79. The zero-order valence-corrected chi connectivity index (χ0v) is 9.46. The van der Waals surface area contributed by atoms with Gasteiger partial charge in [-0.15, -0.1) is 0 Å². The maximum atomic E-state index is 12.2. The van der Waals surface area contributed by atoms with Gasteiger partial charge in [0, 0.05) is 32.2 Å². The summed E-state index contributed by atoms with van der Waals surface area (Å²) >= 11 is 0. The van der Waals surface area contributed by atoms with Gasteiger partial charge in [-0.1, -0.05) is 0 Å². The number of piperidine rings is 1.